The average Bonchev–Trinajstić information content (AvgIpc) is 3.67. The molecule has 0 spiro atoms. The van der Waals surface area contributed by atoms with Gasteiger partial charge in [-0.1, -0.05) is 12.1 Å². The van der Waals surface area contributed by atoms with E-state index in [1.807, 2.05) is 47.4 Å². The number of benzene rings is 2. The molecule has 2 N–H and O–H groups in total. The Balaban J connectivity index is 0.892. The van der Waals surface area contributed by atoms with Crippen molar-refractivity contribution in [3.05, 3.63) is 59.7 Å². The van der Waals surface area contributed by atoms with Gasteiger partial charge in [0.05, 0.1) is 6.67 Å². The first-order valence-corrected chi connectivity index (χ1v) is 14.3. The second-order valence-electron chi connectivity index (χ2n) is 10.2. The smallest absolute Gasteiger partial charge is 0.247 e. The molecule has 3 aliphatic rings. The molecule has 0 saturated carbocycles. The predicted molar refractivity (Wildman–Crippen MR) is 156 cm³/mol. The van der Waals surface area contributed by atoms with Gasteiger partial charge in [-0.2, -0.15) is 0 Å². The Morgan fingerprint density at radius 2 is 1.41 bits per heavy atom. The van der Waals surface area contributed by atoms with Gasteiger partial charge < -0.3 is 34.5 Å². The third-order valence-corrected chi connectivity index (χ3v) is 7.13. The summed E-state index contributed by atoms with van der Waals surface area (Å²) < 4.78 is 21.4. The monoisotopic (exact) mass is 562 g/mol. The second kappa shape index (κ2) is 14.6. The van der Waals surface area contributed by atoms with Gasteiger partial charge in [0.25, 0.3) is 0 Å². The van der Waals surface area contributed by atoms with E-state index in [-0.39, 0.29) is 25.4 Å². The number of rotatable bonds is 13. The number of ether oxygens (including phenoxy) is 4. The van der Waals surface area contributed by atoms with E-state index in [4.69, 9.17) is 18.9 Å². The van der Waals surface area contributed by atoms with Crippen LogP contribution in [0.15, 0.2) is 48.6 Å². The largest absolute Gasteiger partial charge is 0.454 e. The van der Waals surface area contributed by atoms with Crippen LogP contribution in [-0.2, 0) is 9.59 Å². The average molecular weight is 563 g/mol. The van der Waals surface area contributed by atoms with Crippen LogP contribution in [0.4, 0.5) is 0 Å². The van der Waals surface area contributed by atoms with Crippen molar-refractivity contribution in [2.45, 2.75) is 25.7 Å². The minimum Gasteiger partial charge on any atom is -0.454 e. The maximum atomic E-state index is 12.7. The van der Waals surface area contributed by atoms with Crippen LogP contribution >= 0.6 is 0 Å². The minimum atomic E-state index is -0.111. The first kappa shape index (κ1) is 28.5. The molecule has 0 aliphatic carbocycles. The molecule has 10 heteroatoms. The number of nitrogens with one attached hydrogen (secondary N) is 2. The summed E-state index contributed by atoms with van der Waals surface area (Å²) in [6.07, 6.45) is 10.8. The highest BCUT2D eigenvalue weighted by Crippen LogP contribution is 2.33. The van der Waals surface area contributed by atoms with Crippen LogP contribution in [0.2, 0.25) is 0 Å². The van der Waals surface area contributed by atoms with Crippen molar-refractivity contribution in [2.75, 3.05) is 59.5 Å². The Labute approximate surface area is 240 Å². The van der Waals surface area contributed by atoms with Crippen molar-refractivity contribution >= 4 is 24.0 Å². The summed E-state index contributed by atoms with van der Waals surface area (Å²) in [6, 6.07) is 11.3. The lowest BCUT2D eigenvalue weighted by Crippen LogP contribution is -2.47. The van der Waals surface area contributed by atoms with Crippen LogP contribution in [0, 0.1) is 0 Å². The zero-order valence-corrected chi connectivity index (χ0v) is 23.3. The molecule has 0 atom stereocenters. The number of fused-ring (bicyclic) bond motifs is 2. The summed E-state index contributed by atoms with van der Waals surface area (Å²) in [5.41, 5.74) is 1.81. The van der Waals surface area contributed by atoms with Gasteiger partial charge in [0.15, 0.2) is 23.0 Å². The molecule has 2 aromatic carbocycles. The van der Waals surface area contributed by atoms with Crippen molar-refractivity contribution in [3.8, 4) is 23.0 Å². The summed E-state index contributed by atoms with van der Waals surface area (Å²) in [4.78, 5) is 29.1. The van der Waals surface area contributed by atoms with Crippen LogP contribution in [0.3, 0.4) is 0 Å². The molecule has 5 rings (SSSR count). The highest BCUT2D eigenvalue weighted by Gasteiger charge is 2.20. The van der Waals surface area contributed by atoms with Crippen molar-refractivity contribution in [1.82, 2.24) is 20.4 Å². The molecule has 1 fully saturated rings. The standard InChI is InChI=1S/C31H38N4O6/c36-30(11-7-24-5-9-26-28(19-24)40-22-38-26)33-15-3-14-32-13-1-2-16-34-17-4-18-35(21-34)31(37)12-8-25-6-10-27-29(20-25)41-23-39-27/h5-12,19-20,32H,1-4,13-18,21-23H2,(H,33,36)/b11-7+,12-8+. The molecular weight excluding hydrogens is 524 g/mol. The van der Waals surface area contributed by atoms with E-state index >= 15 is 0 Å². The Morgan fingerprint density at radius 3 is 2.15 bits per heavy atom. The van der Waals surface area contributed by atoms with E-state index < -0.39 is 0 Å². The molecule has 0 aromatic heterocycles. The van der Waals surface area contributed by atoms with E-state index in [9.17, 15) is 9.59 Å². The van der Waals surface area contributed by atoms with Crippen LogP contribution < -0.4 is 29.6 Å². The summed E-state index contributed by atoms with van der Waals surface area (Å²) in [5, 5.41) is 6.36. The highest BCUT2D eigenvalue weighted by atomic mass is 16.7. The first-order valence-electron chi connectivity index (χ1n) is 14.3. The molecule has 3 heterocycles. The van der Waals surface area contributed by atoms with Gasteiger partial charge in [0, 0.05) is 31.8 Å². The summed E-state index contributed by atoms with van der Waals surface area (Å²) >= 11 is 0. The molecule has 2 amide bonds. The minimum absolute atomic E-state index is 0.0320. The lowest BCUT2D eigenvalue weighted by atomic mass is 10.2. The van der Waals surface area contributed by atoms with Crippen LogP contribution in [0.1, 0.15) is 36.8 Å². The van der Waals surface area contributed by atoms with E-state index in [1.54, 1.807) is 12.2 Å². The zero-order valence-electron chi connectivity index (χ0n) is 23.3. The molecule has 10 nitrogen and oxygen atoms in total. The Morgan fingerprint density at radius 1 is 0.756 bits per heavy atom. The summed E-state index contributed by atoms with van der Waals surface area (Å²) in [7, 11) is 0. The van der Waals surface area contributed by atoms with Gasteiger partial charge in [0.2, 0.25) is 25.4 Å². The van der Waals surface area contributed by atoms with E-state index in [2.05, 4.69) is 15.5 Å². The van der Waals surface area contributed by atoms with Crippen LogP contribution in [-0.4, -0.2) is 81.1 Å². The highest BCUT2D eigenvalue weighted by molar-refractivity contribution is 5.92. The number of hydrogen-bond donors (Lipinski definition) is 2. The number of carbonyl (C=O) groups is 2. The van der Waals surface area contributed by atoms with E-state index in [0.717, 1.165) is 81.0 Å². The van der Waals surface area contributed by atoms with Crippen LogP contribution in [0.25, 0.3) is 12.2 Å². The zero-order chi connectivity index (χ0) is 28.3. The molecule has 3 aliphatic heterocycles. The molecular formula is C31H38N4O6. The van der Waals surface area contributed by atoms with Crippen molar-refractivity contribution in [1.29, 1.82) is 0 Å². The molecule has 0 radical (unpaired) electrons. The fourth-order valence-electron chi connectivity index (χ4n) is 4.90. The number of unbranched alkanes of at least 4 members (excludes halogenated alkanes) is 1. The fourth-order valence-corrected chi connectivity index (χ4v) is 4.90. The first-order chi connectivity index (χ1) is 20.1. The Bertz CT molecular complexity index is 1260. The number of amides is 2. The van der Waals surface area contributed by atoms with E-state index in [0.29, 0.717) is 24.7 Å². The lowest BCUT2D eigenvalue weighted by molar-refractivity contribution is -0.129. The Kier molecular flexibility index (Phi) is 10.1. The summed E-state index contributed by atoms with van der Waals surface area (Å²) in [5.74, 6) is 2.81. The topological polar surface area (TPSA) is 102 Å². The van der Waals surface area contributed by atoms with E-state index in [1.165, 1.54) is 6.08 Å². The van der Waals surface area contributed by atoms with Gasteiger partial charge in [0.1, 0.15) is 0 Å². The van der Waals surface area contributed by atoms with Crippen molar-refractivity contribution in [3.63, 3.8) is 0 Å². The second-order valence-corrected chi connectivity index (χ2v) is 10.2. The lowest BCUT2D eigenvalue weighted by Gasteiger charge is -2.35. The van der Waals surface area contributed by atoms with Crippen molar-refractivity contribution in [2.24, 2.45) is 0 Å². The summed E-state index contributed by atoms with van der Waals surface area (Å²) in [6.45, 7) is 6.34. The maximum absolute atomic E-state index is 12.7. The third-order valence-electron chi connectivity index (χ3n) is 7.13. The normalized spacial score (nSPS) is 16.1. The SMILES string of the molecule is O=C(/C=C/c1ccc2c(c1)OCO2)NCCCNCCCCN1CCCN(C(=O)/C=C/c2ccc3c(c2)OCO3)C1. The third kappa shape index (κ3) is 8.48. The molecule has 0 bridgehead atoms. The number of nitrogens with zero attached hydrogens (tertiary/aromatic N) is 2. The molecule has 1 saturated heterocycles. The Hall–Kier alpha value is -4.02. The maximum Gasteiger partial charge on any atom is 0.247 e. The molecule has 0 unspecified atom stereocenters. The fraction of sp³-hybridized carbons (Fsp3) is 0.419. The number of hydrogen-bond acceptors (Lipinski definition) is 8. The van der Waals surface area contributed by atoms with Gasteiger partial charge >= 0.3 is 0 Å². The molecule has 41 heavy (non-hydrogen) atoms. The quantitative estimate of drug-likeness (QED) is 0.284. The van der Waals surface area contributed by atoms with Gasteiger partial charge in [-0.3, -0.25) is 14.5 Å². The molecule has 218 valence electrons. The predicted octanol–water partition coefficient (Wildman–Crippen LogP) is 3.24. The van der Waals surface area contributed by atoms with Crippen molar-refractivity contribution < 1.29 is 28.5 Å². The molecule has 2 aromatic rings. The van der Waals surface area contributed by atoms with Crippen LogP contribution in [0.5, 0.6) is 23.0 Å². The number of carbonyl (C=O) groups excluding carboxylic acids is 2. The van der Waals surface area contributed by atoms with Gasteiger partial charge in [-0.05, 0) is 92.9 Å². The van der Waals surface area contributed by atoms with Gasteiger partial charge in [-0.15, -0.1) is 0 Å². The van der Waals surface area contributed by atoms with Gasteiger partial charge in [-0.25, -0.2) is 0 Å².